The van der Waals surface area contributed by atoms with E-state index in [1.807, 2.05) is 0 Å². The van der Waals surface area contributed by atoms with Crippen LogP contribution in [0.3, 0.4) is 0 Å². The van der Waals surface area contributed by atoms with E-state index in [4.69, 9.17) is 9.47 Å². The van der Waals surface area contributed by atoms with Crippen molar-refractivity contribution < 1.29 is 27.4 Å². The van der Waals surface area contributed by atoms with E-state index in [-0.39, 0.29) is 17.3 Å². The van der Waals surface area contributed by atoms with Crippen molar-refractivity contribution >= 4 is 5.91 Å². The number of rotatable bonds is 3. The van der Waals surface area contributed by atoms with Crippen LogP contribution in [-0.4, -0.2) is 57.7 Å². The second-order valence-electron chi connectivity index (χ2n) is 8.01. The lowest BCUT2D eigenvalue weighted by Crippen LogP contribution is -2.47. The smallest absolute Gasteiger partial charge is 0.347 e. The number of nitrogens with zero attached hydrogens (tertiary/aromatic N) is 4. The minimum atomic E-state index is -4.49. The molecule has 0 saturated carbocycles. The molecule has 5 rings (SSSR count). The molecule has 33 heavy (non-hydrogen) atoms. The van der Waals surface area contributed by atoms with Gasteiger partial charge in [0.1, 0.15) is 0 Å². The lowest BCUT2D eigenvalue weighted by molar-refractivity contribution is -0.181. The maximum atomic E-state index is 13.3. The molecule has 2 fully saturated rings. The van der Waals surface area contributed by atoms with Crippen LogP contribution in [0.1, 0.15) is 28.9 Å². The van der Waals surface area contributed by atoms with Crippen molar-refractivity contribution in [1.29, 1.82) is 0 Å². The van der Waals surface area contributed by atoms with Crippen LogP contribution in [0, 0.1) is 0 Å². The summed E-state index contributed by atoms with van der Waals surface area (Å²) in [7, 11) is 0. The summed E-state index contributed by atoms with van der Waals surface area (Å²) in [5, 5.41) is 4.42. The number of pyridine rings is 1. The van der Waals surface area contributed by atoms with Gasteiger partial charge in [0.05, 0.1) is 30.2 Å². The van der Waals surface area contributed by atoms with Crippen LogP contribution in [0.15, 0.2) is 54.9 Å². The monoisotopic (exact) mass is 458 g/mol. The first-order chi connectivity index (χ1) is 15.8. The van der Waals surface area contributed by atoms with Gasteiger partial charge in [0.2, 0.25) is 0 Å². The minimum absolute atomic E-state index is 0.156. The third-order valence-corrected chi connectivity index (χ3v) is 5.95. The summed E-state index contributed by atoms with van der Waals surface area (Å²) in [5.41, 5.74) is 0.752. The van der Waals surface area contributed by atoms with Gasteiger partial charge >= 0.3 is 6.18 Å². The molecule has 1 amide bonds. The molecule has 0 unspecified atom stereocenters. The molecule has 0 atom stereocenters. The van der Waals surface area contributed by atoms with E-state index >= 15 is 0 Å². The molecule has 2 aliphatic rings. The Morgan fingerprint density at radius 3 is 2.36 bits per heavy atom. The summed E-state index contributed by atoms with van der Waals surface area (Å²) in [4.78, 5) is 18.9. The normalized spacial score (nSPS) is 18.1. The molecule has 2 saturated heterocycles. The first-order valence-electron chi connectivity index (χ1n) is 10.6. The number of carbonyl (C=O) groups is 1. The number of aromatic nitrogens is 3. The Balaban J connectivity index is 1.49. The molecule has 2 aliphatic heterocycles. The summed E-state index contributed by atoms with van der Waals surface area (Å²) >= 11 is 0. The molecule has 3 aromatic rings. The number of halogens is 3. The van der Waals surface area contributed by atoms with Crippen LogP contribution in [-0.2, 0) is 15.7 Å². The zero-order chi connectivity index (χ0) is 23.1. The average Bonchev–Trinajstić information content (AvgIpc) is 3.47. The average molecular weight is 458 g/mol. The highest BCUT2D eigenvalue weighted by molar-refractivity contribution is 5.93. The summed E-state index contributed by atoms with van der Waals surface area (Å²) in [5.74, 6) is -0.903. The molecule has 0 radical (unpaired) electrons. The Bertz CT molecular complexity index is 1150. The zero-order valence-electron chi connectivity index (χ0n) is 17.6. The molecular formula is C23H21F3N4O3. The quantitative estimate of drug-likeness (QED) is 0.595. The van der Waals surface area contributed by atoms with Gasteiger partial charge in [0, 0.05) is 43.9 Å². The number of carbonyl (C=O) groups excluding carboxylic acids is 1. The van der Waals surface area contributed by atoms with Crippen molar-refractivity contribution in [3.05, 3.63) is 66.1 Å². The van der Waals surface area contributed by atoms with Crippen LogP contribution in [0.4, 0.5) is 13.2 Å². The molecule has 1 aromatic carbocycles. The van der Waals surface area contributed by atoms with E-state index in [2.05, 4.69) is 10.1 Å². The van der Waals surface area contributed by atoms with Crippen molar-refractivity contribution in [3.63, 3.8) is 0 Å². The Morgan fingerprint density at radius 1 is 1.00 bits per heavy atom. The molecule has 7 nitrogen and oxygen atoms in total. The Morgan fingerprint density at radius 2 is 1.70 bits per heavy atom. The maximum absolute atomic E-state index is 13.3. The van der Waals surface area contributed by atoms with Gasteiger partial charge in [-0.05, 0) is 36.4 Å². The highest BCUT2D eigenvalue weighted by Gasteiger charge is 2.41. The van der Waals surface area contributed by atoms with Gasteiger partial charge in [-0.2, -0.15) is 18.3 Å². The number of likely N-dealkylation sites (tertiary alicyclic amines) is 1. The predicted octanol–water partition coefficient (Wildman–Crippen LogP) is 3.93. The van der Waals surface area contributed by atoms with Crippen LogP contribution < -0.4 is 0 Å². The number of hydrogen-bond acceptors (Lipinski definition) is 5. The minimum Gasteiger partial charge on any atom is -0.347 e. The first kappa shape index (κ1) is 21.6. The highest BCUT2D eigenvalue weighted by Crippen LogP contribution is 2.33. The molecule has 0 aliphatic carbocycles. The van der Waals surface area contributed by atoms with Crippen molar-refractivity contribution in [2.75, 3.05) is 26.3 Å². The van der Waals surface area contributed by atoms with Gasteiger partial charge in [-0.15, -0.1) is 0 Å². The summed E-state index contributed by atoms with van der Waals surface area (Å²) < 4.78 is 52.7. The van der Waals surface area contributed by atoms with Gasteiger partial charge in [-0.1, -0.05) is 6.07 Å². The van der Waals surface area contributed by atoms with E-state index in [0.717, 1.165) is 12.1 Å². The van der Waals surface area contributed by atoms with Gasteiger partial charge < -0.3 is 14.4 Å². The summed E-state index contributed by atoms with van der Waals surface area (Å²) in [6.07, 6.45) is -0.223. The van der Waals surface area contributed by atoms with E-state index in [0.29, 0.717) is 50.4 Å². The van der Waals surface area contributed by atoms with E-state index in [9.17, 15) is 18.0 Å². The third kappa shape index (κ3) is 4.23. The molecule has 172 valence electrons. The SMILES string of the molecule is O=C(c1cc(-c2ccncc2)n(-c2cccc(C(F)(F)F)c2)n1)N1CCC2(CC1)OCCO2. The number of piperidine rings is 1. The molecule has 1 spiro atoms. The van der Waals surface area contributed by atoms with E-state index in [1.165, 1.54) is 16.8 Å². The molecule has 0 bridgehead atoms. The number of hydrogen-bond donors (Lipinski definition) is 0. The lowest BCUT2D eigenvalue weighted by Gasteiger charge is -2.37. The second kappa shape index (κ2) is 8.27. The summed E-state index contributed by atoms with van der Waals surface area (Å²) in [6, 6.07) is 9.91. The fraction of sp³-hybridized carbons (Fsp3) is 0.348. The van der Waals surface area contributed by atoms with E-state index < -0.39 is 17.5 Å². The number of benzene rings is 1. The maximum Gasteiger partial charge on any atom is 0.416 e. The largest absolute Gasteiger partial charge is 0.416 e. The van der Waals surface area contributed by atoms with Crippen LogP contribution >= 0.6 is 0 Å². The predicted molar refractivity (Wildman–Crippen MR) is 112 cm³/mol. The van der Waals surface area contributed by atoms with Crippen LogP contribution in [0.25, 0.3) is 16.9 Å². The van der Waals surface area contributed by atoms with Crippen molar-refractivity contribution in [2.24, 2.45) is 0 Å². The Labute approximate surface area is 187 Å². The lowest BCUT2D eigenvalue weighted by atomic mass is 10.0. The molecule has 0 N–H and O–H groups in total. The zero-order valence-corrected chi connectivity index (χ0v) is 17.6. The Kier molecular flexibility index (Phi) is 5.41. The molecular weight excluding hydrogens is 437 g/mol. The summed E-state index contributed by atoms with van der Waals surface area (Å²) in [6.45, 7) is 1.98. The molecule has 2 aromatic heterocycles. The van der Waals surface area contributed by atoms with Gasteiger partial charge in [0.15, 0.2) is 11.5 Å². The fourth-order valence-corrected chi connectivity index (χ4v) is 4.22. The fourth-order valence-electron chi connectivity index (χ4n) is 4.22. The topological polar surface area (TPSA) is 69.5 Å². The standard InChI is InChI=1S/C23H21F3N4O3/c24-23(25,26)17-2-1-3-18(14-17)30-20(16-4-8-27-9-5-16)15-19(28-30)21(31)29-10-6-22(7-11-29)32-12-13-33-22/h1-5,8-9,14-15H,6-7,10-13H2. The molecule has 10 heteroatoms. The number of alkyl halides is 3. The van der Waals surface area contributed by atoms with Crippen LogP contribution in [0.2, 0.25) is 0 Å². The van der Waals surface area contributed by atoms with E-state index in [1.54, 1.807) is 35.5 Å². The van der Waals surface area contributed by atoms with Gasteiger partial charge in [-0.25, -0.2) is 4.68 Å². The third-order valence-electron chi connectivity index (χ3n) is 5.95. The van der Waals surface area contributed by atoms with Crippen LogP contribution in [0.5, 0.6) is 0 Å². The van der Waals surface area contributed by atoms with Gasteiger partial charge in [0.25, 0.3) is 5.91 Å². The Hall–Kier alpha value is -3.24. The second-order valence-corrected chi connectivity index (χ2v) is 8.01. The molecule has 4 heterocycles. The van der Waals surface area contributed by atoms with Crippen molar-refractivity contribution in [3.8, 4) is 16.9 Å². The van der Waals surface area contributed by atoms with Crippen molar-refractivity contribution in [1.82, 2.24) is 19.7 Å². The number of ether oxygens (including phenoxy) is 2. The first-order valence-corrected chi connectivity index (χ1v) is 10.6. The van der Waals surface area contributed by atoms with Gasteiger partial charge in [-0.3, -0.25) is 9.78 Å². The number of amides is 1. The van der Waals surface area contributed by atoms with Crippen molar-refractivity contribution in [2.45, 2.75) is 24.8 Å². The highest BCUT2D eigenvalue weighted by atomic mass is 19.4.